The van der Waals surface area contributed by atoms with Gasteiger partial charge < -0.3 is 5.32 Å². The Hall–Kier alpha value is -1.84. The van der Waals surface area contributed by atoms with Gasteiger partial charge in [-0.15, -0.1) is 0 Å². The van der Waals surface area contributed by atoms with Crippen molar-refractivity contribution in [3.8, 4) is 0 Å². The summed E-state index contributed by atoms with van der Waals surface area (Å²) >= 11 is 0. The van der Waals surface area contributed by atoms with Crippen LogP contribution < -0.4 is 5.32 Å². The Morgan fingerprint density at radius 2 is 2.24 bits per heavy atom. The first-order chi connectivity index (χ1) is 8.36. The van der Waals surface area contributed by atoms with Crippen molar-refractivity contribution in [3.63, 3.8) is 0 Å². The lowest BCUT2D eigenvalue weighted by Crippen LogP contribution is -2.06. The van der Waals surface area contributed by atoms with Gasteiger partial charge in [-0.3, -0.25) is 5.10 Å². The van der Waals surface area contributed by atoms with Gasteiger partial charge in [0.25, 0.3) is 0 Å². The van der Waals surface area contributed by atoms with Crippen LogP contribution in [-0.2, 0) is 12.8 Å². The van der Waals surface area contributed by atoms with Crippen LogP contribution in [0.2, 0.25) is 0 Å². The third-order valence-electron chi connectivity index (χ3n) is 3.27. The number of aromatic nitrogens is 3. The molecule has 1 aromatic heterocycles. The first kappa shape index (κ1) is 10.3. The van der Waals surface area contributed by atoms with E-state index < -0.39 is 0 Å². The van der Waals surface area contributed by atoms with E-state index in [1.54, 1.807) is 0 Å². The number of nitrogens with one attached hydrogen (secondary N) is 2. The molecule has 0 saturated heterocycles. The zero-order valence-electron chi connectivity index (χ0n) is 9.90. The quantitative estimate of drug-likeness (QED) is 0.846. The van der Waals surface area contributed by atoms with E-state index in [2.05, 4.69) is 51.7 Å². The van der Waals surface area contributed by atoms with E-state index in [4.69, 9.17) is 0 Å². The van der Waals surface area contributed by atoms with Gasteiger partial charge >= 0.3 is 0 Å². The topological polar surface area (TPSA) is 53.6 Å². The van der Waals surface area contributed by atoms with Crippen LogP contribution in [-0.4, -0.2) is 21.7 Å². The molecule has 0 saturated carbocycles. The second kappa shape index (κ2) is 4.20. The molecule has 1 unspecified atom stereocenters. The number of benzene rings is 1. The fourth-order valence-corrected chi connectivity index (χ4v) is 2.36. The molecule has 2 N–H and O–H groups in total. The fourth-order valence-electron chi connectivity index (χ4n) is 2.36. The average molecular weight is 228 g/mol. The maximum Gasteiger partial charge on any atom is 0.150 e. The lowest BCUT2D eigenvalue weighted by Gasteiger charge is -2.06. The smallest absolute Gasteiger partial charge is 0.150 e. The number of fused-ring (bicyclic) bond motifs is 1. The summed E-state index contributed by atoms with van der Waals surface area (Å²) in [5.41, 5.74) is 2.65. The first-order valence-corrected chi connectivity index (χ1v) is 6.09. The van der Waals surface area contributed by atoms with Crippen LogP contribution >= 0.6 is 0 Å². The summed E-state index contributed by atoms with van der Waals surface area (Å²) in [5, 5.41) is 10.6. The number of nitrogens with zero attached hydrogens (tertiary/aromatic N) is 2. The van der Waals surface area contributed by atoms with Gasteiger partial charge in [0.1, 0.15) is 11.6 Å². The Labute approximate surface area is 100 Å². The molecule has 1 aliphatic rings. The van der Waals surface area contributed by atoms with Crippen molar-refractivity contribution >= 4 is 5.69 Å². The van der Waals surface area contributed by atoms with Gasteiger partial charge in [0.15, 0.2) is 0 Å². The highest BCUT2D eigenvalue weighted by Gasteiger charge is 2.22. The third-order valence-corrected chi connectivity index (χ3v) is 3.27. The highest BCUT2D eigenvalue weighted by molar-refractivity contribution is 5.57. The largest absolute Gasteiger partial charge is 0.384 e. The number of aromatic amines is 1. The third kappa shape index (κ3) is 1.90. The van der Waals surface area contributed by atoms with Crippen LogP contribution in [0, 0.1) is 0 Å². The Bertz CT molecular complexity index is 518. The predicted octanol–water partition coefficient (Wildman–Crippen LogP) is 2.12. The number of anilines is 1. The molecule has 0 aliphatic carbocycles. The zero-order chi connectivity index (χ0) is 11.7. The number of para-hydroxylation sites is 1. The van der Waals surface area contributed by atoms with Crippen molar-refractivity contribution in [1.29, 1.82) is 0 Å². The van der Waals surface area contributed by atoms with E-state index in [1.807, 2.05) is 0 Å². The summed E-state index contributed by atoms with van der Waals surface area (Å²) in [4.78, 5) is 4.47. The van der Waals surface area contributed by atoms with Crippen molar-refractivity contribution in [2.45, 2.75) is 25.7 Å². The molecule has 4 heteroatoms. The molecule has 1 aromatic carbocycles. The van der Waals surface area contributed by atoms with Crippen LogP contribution in [0.3, 0.4) is 0 Å². The Kier molecular flexibility index (Phi) is 2.55. The highest BCUT2D eigenvalue weighted by atomic mass is 15.2. The molecule has 3 rings (SSSR count). The summed E-state index contributed by atoms with van der Waals surface area (Å²) in [5.74, 6) is 2.40. The van der Waals surface area contributed by atoms with Crippen molar-refractivity contribution in [2.24, 2.45) is 0 Å². The molecule has 2 heterocycles. The van der Waals surface area contributed by atoms with Gasteiger partial charge in [0.05, 0.1) is 0 Å². The molecule has 0 radical (unpaired) electrons. The van der Waals surface area contributed by atoms with E-state index in [9.17, 15) is 0 Å². The molecular formula is C13H16N4. The summed E-state index contributed by atoms with van der Waals surface area (Å²) in [6.07, 6.45) is 1.81. The Morgan fingerprint density at radius 1 is 1.35 bits per heavy atom. The summed E-state index contributed by atoms with van der Waals surface area (Å²) in [6.45, 7) is 3.06. The normalized spacial score (nSPS) is 17.8. The maximum atomic E-state index is 4.47. The van der Waals surface area contributed by atoms with E-state index in [0.717, 1.165) is 31.0 Å². The minimum Gasteiger partial charge on any atom is -0.384 e. The first-order valence-electron chi connectivity index (χ1n) is 6.09. The number of hydrogen-bond donors (Lipinski definition) is 2. The number of aryl methyl sites for hydroxylation is 1. The minimum absolute atomic E-state index is 0.504. The zero-order valence-corrected chi connectivity index (χ0v) is 9.90. The van der Waals surface area contributed by atoms with Gasteiger partial charge in [-0.25, -0.2) is 4.98 Å². The minimum atomic E-state index is 0.504. The number of hydrogen-bond acceptors (Lipinski definition) is 3. The van der Waals surface area contributed by atoms with Gasteiger partial charge in [-0.2, -0.15) is 5.10 Å². The van der Waals surface area contributed by atoms with Crippen LogP contribution in [0.15, 0.2) is 24.3 Å². The fraction of sp³-hybridized carbons (Fsp3) is 0.385. The number of rotatable bonds is 3. The van der Waals surface area contributed by atoms with E-state index in [0.29, 0.717) is 5.92 Å². The Morgan fingerprint density at radius 3 is 3.06 bits per heavy atom. The predicted molar refractivity (Wildman–Crippen MR) is 67.1 cm³/mol. The van der Waals surface area contributed by atoms with Gasteiger partial charge in [-0.05, 0) is 11.6 Å². The molecular weight excluding hydrogens is 212 g/mol. The molecule has 1 atom stereocenters. The molecule has 0 fully saturated rings. The van der Waals surface area contributed by atoms with Crippen LogP contribution in [0.1, 0.15) is 30.1 Å². The summed E-state index contributed by atoms with van der Waals surface area (Å²) in [6, 6.07) is 8.48. The highest BCUT2D eigenvalue weighted by Crippen LogP contribution is 2.32. The van der Waals surface area contributed by atoms with Crippen molar-refractivity contribution in [3.05, 3.63) is 41.5 Å². The lowest BCUT2D eigenvalue weighted by atomic mass is 9.98. The van der Waals surface area contributed by atoms with Gasteiger partial charge in [0, 0.05) is 31.0 Å². The van der Waals surface area contributed by atoms with E-state index in [-0.39, 0.29) is 0 Å². The van der Waals surface area contributed by atoms with E-state index in [1.165, 1.54) is 11.3 Å². The average Bonchev–Trinajstić information content (AvgIpc) is 2.97. The molecule has 17 heavy (non-hydrogen) atoms. The summed E-state index contributed by atoms with van der Waals surface area (Å²) < 4.78 is 0. The molecule has 2 aromatic rings. The maximum absolute atomic E-state index is 4.47. The van der Waals surface area contributed by atoms with Crippen LogP contribution in [0.5, 0.6) is 0 Å². The molecule has 0 spiro atoms. The molecule has 0 bridgehead atoms. The van der Waals surface area contributed by atoms with Crippen molar-refractivity contribution in [1.82, 2.24) is 15.2 Å². The second-order valence-corrected chi connectivity index (χ2v) is 4.42. The molecule has 1 aliphatic heterocycles. The molecule has 88 valence electrons. The van der Waals surface area contributed by atoms with E-state index >= 15 is 0 Å². The summed E-state index contributed by atoms with van der Waals surface area (Å²) in [7, 11) is 0. The second-order valence-electron chi connectivity index (χ2n) is 4.42. The standard InChI is InChI=1S/C13H16N4/c1-2-12-15-13(17-16-12)7-9-8-14-11-6-4-3-5-10(9)11/h3-6,9,14H,2,7-8H2,1H3,(H,15,16,17). The molecule has 4 nitrogen and oxygen atoms in total. The van der Waals surface area contributed by atoms with Crippen LogP contribution in [0.4, 0.5) is 5.69 Å². The van der Waals surface area contributed by atoms with Gasteiger partial charge in [-0.1, -0.05) is 25.1 Å². The number of H-pyrrole nitrogens is 1. The lowest BCUT2D eigenvalue weighted by molar-refractivity contribution is 0.715. The molecule has 0 amide bonds. The van der Waals surface area contributed by atoms with Crippen LogP contribution in [0.25, 0.3) is 0 Å². The van der Waals surface area contributed by atoms with Gasteiger partial charge in [0.2, 0.25) is 0 Å². The monoisotopic (exact) mass is 228 g/mol. The van der Waals surface area contributed by atoms with Crippen molar-refractivity contribution < 1.29 is 0 Å². The van der Waals surface area contributed by atoms with Crippen molar-refractivity contribution in [2.75, 3.05) is 11.9 Å². The Balaban J connectivity index is 1.79. The SMILES string of the molecule is CCc1n[nH]c(CC2CNc3ccccc32)n1.